The zero-order valence-electron chi connectivity index (χ0n) is 19.5. The second-order valence-corrected chi connectivity index (χ2v) is 10.0. The second kappa shape index (κ2) is 10.5. The molecule has 33 heavy (non-hydrogen) atoms. The van der Waals surface area contributed by atoms with Crippen LogP contribution in [0.2, 0.25) is 0 Å². The summed E-state index contributed by atoms with van der Waals surface area (Å²) in [7, 11) is -3.50. The van der Waals surface area contributed by atoms with Crippen molar-refractivity contribution in [1.29, 1.82) is 0 Å². The number of hydrogen-bond acceptors (Lipinski definition) is 4. The lowest BCUT2D eigenvalue weighted by atomic mass is 10.0. The molecule has 6 nitrogen and oxygen atoms in total. The summed E-state index contributed by atoms with van der Waals surface area (Å²) in [6, 6.07) is 20.4. The third-order valence-corrected chi connectivity index (χ3v) is 6.34. The van der Waals surface area contributed by atoms with Crippen LogP contribution in [-0.4, -0.2) is 33.7 Å². The highest BCUT2D eigenvalue weighted by Crippen LogP contribution is 2.29. The van der Waals surface area contributed by atoms with Gasteiger partial charge in [0.05, 0.1) is 25.0 Å². The summed E-state index contributed by atoms with van der Waals surface area (Å²) >= 11 is 0. The van der Waals surface area contributed by atoms with Crippen LogP contribution in [-0.2, 0) is 16.6 Å². The second-order valence-electron chi connectivity index (χ2n) is 8.13. The number of nitrogens with one attached hydrogen (secondary N) is 1. The van der Waals surface area contributed by atoms with Crippen LogP contribution in [0.15, 0.2) is 66.7 Å². The number of para-hydroxylation sites is 1. The average molecular weight is 467 g/mol. The van der Waals surface area contributed by atoms with E-state index in [9.17, 15) is 13.2 Å². The highest BCUT2D eigenvalue weighted by molar-refractivity contribution is 7.92. The first-order chi connectivity index (χ1) is 15.6. The number of hydrogen-bond donors (Lipinski definition) is 1. The maximum absolute atomic E-state index is 12.6. The molecule has 0 fully saturated rings. The smallest absolute Gasteiger partial charge is 0.251 e. The van der Waals surface area contributed by atoms with Crippen LogP contribution in [0.25, 0.3) is 0 Å². The van der Waals surface area contributed by atoms with Crippen LogP contribution in [0.3, 0.4) is 0 Å². The third-order valence-electron chi connectivity index (χ3n) is 5.23. The van der Waals surface area contributed by atoms with Gasteiger partial charge in [-0.05, 0) is 61.7 Å². The molecule has 0 unspecified atom stereocenters. The molecule has 0 radical (unpaired) electrons. The first kappa shape index (κ1) is 24.3. The van der Waals surface area contributed by atoms with Crippen molar-refractivity contribution in [1.82, 2.24) is 5.32 Å². The van der Waals surface area contributed by atoms with E-state index in [1.165, 1.54) is 10.6 Å². The molecule has 0 heterocycles. The summed E-state index contributed by atoms with van der Waals surface area (Å²) in [5.74, 6) is 0.550. The van der Waals surface area contributed by atoms with Crippen LogP contribution in [0.4, 0.5) is 5.69 Å². The summed E-state index contributed by atoms with van der Waals surface area (Å²) in [4.78, 5) is 12.4. The number of ether oxygens (including phenoxy) is 1. The van der Waals surface area contributed by atoms with Gasteiger partial charge in [-0.25, -0.2) is 8.42 Å². The van der Waals surface area contributed by atoms with E-state index in [2.05, 4.69) is 5.32 Å². The predicted octanol–water partition coefficient (Wildman–Crippen LogP) is 4.39. The van der Waals surface area contributed by atoms with Gasteiger partial charge >= 0.3 is 0 Å². The summed E-state index contributed by atoms with van der Waals surface area (Å²) in [5, 5.41) is 2.83. The molecule has 1 N–H and O–H groups in total. The largest absolute Gasteiger partial charge is 0.492 e. The summed E-state index contributed by atoms with van der Waals surface area (Å²) in [6.07, 6.45) is 1.21. The van der Waals surface area contributed by atoms with Gasteiger partial charge in [-0.3, -0.25) is 9.10 Å². The fourth-order valence-electron chi connectivity index (χ4n) is 3.81. The topological polar surface area (TPSA) is 75.7 Å². The normalized spacial score (nSPS) is 11.2. The number of carbonyl (C=O) groups excluding carboxylic acids is 1. The van der Waals surface area contributed by atoms with Crippen molar-refractivity contribution >= 4 is 21.6 Å². The first-order valence-corrected chi connectivity index (χ1v) is 12.6. The molecule has 0 aliphatic carbocycles. The zero-order chi connectivity index (χ0) is 24.0. The Balaban J connectivity index is 1.65. The molecule has 3 aromatic rings. The van der Waals surface area contributed by atoms with Crippen molar-refractivity contribution in [3.63, 3.8) is 0 Å². The molecule has 3 rings (SSSR count). The molecule has 3 aromatic carbocycles. The van der Waals surface area contributed by atoms with Crippen LogP contribution >= 0.6 is 0 Å². The lowest BCUT2D eigenvalue weighted by Crippen LogP contribution is -2.31. The Kier molecular flexibility index (Phi) is 7.76. The Morgan fingerprint density at radius 3 is 2.12 bits per heavy atom. The average Bonchev–Trinajstić information content (AvgIpc) is 2.76. The minimum Gasteiger partial charge on any atom is -0.492 e. The molecule has 0 atom stereocenters. The van der Waals surface area contributed by atoms with Gasteiger partial charge in [0, 0.05) is 5.56 Å². The number of anilines is 1. The standard InChI is InChI=1S/C26H30N2O4S/c1-19-16-20(2)25(21(3)17-19)28(33(4,30)31)18-22-10-12-23(13-11-22)26(29)27-14-15-32-24-8-6-5-7-9-24/h5-13,16-17H,14-15,18H2,1-4H3,(H,27,29). The Labute approximate surface area is 196 Å². The lowest BCUT2D eigenvalue weighted by Gasteiger charge is -2.26. The number of amides is 1. The molecule has 174 valence electrons. The molecule has 1 amide bonds. The molecule has 0 saturated carbocycles. The van der Waals surface area contributed by atoms with Gasteiger partial charge in [-0.1, -0.05) is 48.0 Å². The van der Waals surface area contributed by atoms with Crippen LogP contribution in [0.1, 0.15) is 32.6 Å². The maximum atomic E-state index is 12.6. The fourth-order valence-corrected chi connectivity index (χ4v) is 4.81. The number of benzene rings is 3. The van der Waals surface area contributed by atoms with Crippen molar-refractivity contribution in [3.05, 3.63) is 94.5 Å². The molecular weight excluding hydrogens is 436 g/mol. The maximum Gasteiger partial charge on any atom is 0.251 e. The van der Waals surface area contributed by atoms with Gasteiger partial charge in [0.25, 0.3) is 5.91 Å². The predicted molar refractivity (Wildman–Crippen MR) is 132 cm³/mol. The zero-order valence-corrected chi connectivity index (χ0v) is 20.3. The summed E-state index contributed by atoms with van der Waals surface area (Å²) in [5.41, 5.74) is 4.91. The number of carbonyl (C=O) groups is 1. The molecule has 7 heteroatoms. The minimum absolute atomic E-state index is 0.191. The molecular formula is C26H30N2O4S. The number of sulfonamides is 1. The van der Waals surface area contributed by atoms with E-state index in [0.717, 1.165) is 28.0 Å². The quantitative estimate of drug-likeness (QED) is 0.475. The molecule has 0 saturated heterocycles. The van der Waals surface area contributed by atoms with E-state index < -0.39 is 10.0 Å². The van der Waals surface area contributed by atoms with E-state index in [0.29, 0.717) is 24.4 Å². The molecule has 0 aromatic heterocycles. The summed E-state index contributed by atoms with van der Waals surface area (Å²) < 4.78 is 32.2. The fraction of sp³-hybridized carbons (Fsp3) is 0.269. The van der Waals surface area contributed by atoms with Gasteiger partial charge < -0.3 is 10.1 Å². The van der Waals surface area contributed by atoms with Gasteiger partial charge in [-0.15, -0.1) is 0 Å². The van der Waals surface area contributed by atoms with Crippen LogP contribution in [0.5, 0.6) is 5.75 Å². The monoisotopic (exact) mass is 466 g/mol. The van der Waals surface area contributed by atoms with Gasteiger partial charge in [0.2, 0.25) is 10.0 Å². The number of nitrogens with zero attached hydrogens (tertiary/aromatic N) is 1. The molecule has 0 spiro atoms. The highest BCUT2D eigenvalue weighted by Gasteiger charge is 2.22. The van der Waals surface area contributed by atoms with Crippen molar-refractivity contribution in [2.45, 2.75) is 27.3 Å². The van der Waals surface area contributed by atoms with Crippen molar-refractivity contribution in [3.8, 4) is 5.75 Å². The van der Waals surface area contributed by atoms with Crippen molar-refractivity contribution < 1.29 is 17.9 Å². The molecule has 0 aliphatic rings. The van der Waals surface area contributed by atoms with Crippen molar-refractivity contribution in [2.24, 2.45) is 0 Å². The summed E-state index contributed by atoms with van der Waals surface area (Å²) in [6.45, 7) is 6.77. The van der Waals surface area contributed by atoms with E-state index in [1.54, 1.807) is 24.3 Å². The van der Waals surface area contributed by atoms with Gasteiger partial charge in [0.15, 0.2) is 0 Å². The van der Waals surface area contributed by atoms with Crippen LogP contribution < -0.4 is 14.4 Å². The Bertz CT molecular complexity index is 1180. The van der Waals surface area contributed by atoms with E-state index in [1.807, 2.05) is 63.2 Å². The van der Waals surface area contributed by atoms with Crippen LogP contribution in [0, 0.1) is 20.8 Å². The SMILES string of the molecule is Cc1cc(C)c(N(Cc2ccc(C(=O)NCCOc3ccccc3)cc2)S(C)(=O)=O)c(C)c1. The third kappa shape index (κ3) is 6.58. The number of aryl methyl sites for hydroxylation is 3. The van der Waals surface area contributed by atoms with Gasteiger partial charge in [0.1, 0.15) is 12.4 Å². The molecule has 0 aliphatic heterocycles. The highest BCUT2D eigenvalue weighted by atomic mass is 32.2. The Morgan fingerprint density at radius 2 is 1.55 bits per heavy atom. The Hall–Kier alpha value is -3.32. The first-order valence-electron chi connectivity index (χ1n) is 10.8. The van der Waals surface area contributed by atoms with E-state index in [-0.39, 0.29) is 12.5 Å². The number of rotatable bonds is 9. The van der Waals surface area contributed by atoms with Gasteiger partial charge in [-0.2, -0.15) is 0 Å². The lowest BCUT2D eigenvalue weighted by molar-refractivity contribution is 0.0947. The minimum atomic E-state index is -3.50. The van der Waals surface area contributed by atoms with E-state index in [4.69, 9.17) is 4.74 Å². The molecule has 0 bridgehead atoms. The van der Waals surface area contributed by atoms with E-state index >= 15 is 0 Å². The van der Waals surface area contributed by atoms with Crippen molar-refractivity contribution in [2.75, 3.05) is 23.7 Å². The Morgan fingerprint density at radius 1 is 0.939 bits per heavy atom.